The van der Waals surface area contributed by atoms with Gasteiger partial charge in [-0.15, -0.1) is 0 Å². The average molecular weight is 147 g/mol. The highest BCUT2D eigenvalue weighted by molar-refractivity contribution is 5.69. The van der Waals surface area contributed by atoms with Crippen LogP contribution < -0.4 is 0 Å². The fourth-order valence-corrected chi connectivity index (χ4v) is 1.35. The second-order valence-electron chi connectivity index (χ2n) is 2.83. The van der Waals surface area contributed by atoms with E-state index in [0.717, 1.165) is 5.70 Å². The Morgan fingerprint density at radius 3 is 3.27 bits per heavy atom. The summed E-state index contributed by atoms with van der Waals surface area (Å²) in [6.07, 6.45) is 10.3. The van der Waals surface area contributed by atoms with Gasteiger partial charge >= 0.3 is 0 Å². The van der Waals surface area contributed by atoms with Crippen LogP contribution in [-0.2, 0) is 0 Å². The van der Waals surface area contributed by atoms with Gasteiger partial charge < -0.3 is 4.90 Å². The molecular formula is C9H11N2+. The number of hydrogen-bond acceptors (Lipinski definition) is 1. The molecule has 0 aromatic heterocycles. The molecule has 2 aliphatic heterocycles. The van der Waals surface area contributed by atoms with Gasteiger partial charge in [0.1, 0.15) is 0 Å². The molecule has 0 aliphatic carbocycles. The molecule has 1 atom stereocenters. The number of likely N-dealkylation sites (N-methyl/N-ethyl adjacent to an activating group) is 1. The lowest BCUT2D eigenvalue weighted by Gasteiger charge is -2.22. The van der Waals surface area contributed by atoms with E-state index in [0.29, 0.717) is 6.04 Å². The van der Waals surface area contributed by atoms with Gasteiger partial charge in [-0.25, -0.2) is 0 Å². The number of fused-ring (bicyclic) bond motifs is 1. The molecule has 2 nitrogen and oxygen atoms in total. The molecule has 56 valence electrons. The number of nitrogens with zero attached hydrogens (tertiary/aromatic N) is 2. The van der Waals surface area contributed by atoms with Crippen LogP contribution in [0.4, 0.5) is 0 Å². The highest BCUT2D eigenvalue weighted by Gasteiger charge is 2.28. The molecule has 2 heterocycles. The molecule has 2 aliphatic rings. The second kappa shape index (κ2) is 2.09. The van der Waals surface area contributed by atoms with Crippen LogP contribution in [0.3, 0.4) is 0 Å². The SMILES string of the molecule is C=C1C2C=CC=[N+]2C=CN1C. The highest BCUT2D eigenvalue weighted by Crippen LogP contribution is 2.17. The Labute approximate surface area is 66.4 Å². The molecule has 0 spiro atoms. The fourth-order valence-electron chi connectivity index (χ4n) is 1.35. The van der Waals surface area contributed by atoms with Crippen LogP contribution in [0.5, 0.6) is 0 Å². The zero-order chi connectivity index (χ0) is 7.84. The van der Waals surface area contributed by atoms with Crippen molar-refractivity contribution in [3.8, 4) is 0 Å². The summed E-state index contributed by atoms with van der Waals surface area (Å²) in [4.78, 5) is 2.05. The van der Waals surface area contributed by atoms with E-state index < -0.39 is 0 Å². The summed E-state index contributed by atoms with van der Waals surface area (Å²) in [5.74, 6) is 0. The Morgan fingerprint density at radius 1 is 1.64 bits per heavy atom. The Morgan fingerprint density at radius 2 is 2.45 bits per heavy atom. The monoisotopic (exact) mass is 147 g/mol. The molecule has 0 bridgehead atoms. The van der Waals surface area contributed by atoms with E-state index in [-0.39, 0.29) is 0 Å². The average Bonchev–Trinajstić information content (AvgIpc) is 2.45. The number of rotatable bonds is 0. The maximum Gasteiger partial charge on any atom is 0.216 e. The van der Waals surface area contributed by atoms with Gasteiger partial charge in [-0.2, -0.15) is 4.58 Å². The van der Waals surface area contributed by atoms with Crippen molar-refractivity contribution in [3.05, 3.63) is 36.8 Å². The summed E-state index contributed by atoms with van der Waals surface area (Å²) in [6, 6.07) is 0.352. The van der Waals surface area contributed by atoms with Gasteiger partial charge in [0.25, 0.3) is 0 Å². The quantitative estimate of drug-likeness (QED) is 0.462. The molecule has 0 radical (unpaired) electrons. The van der Waals surface area contributed by atoms with Crippen molar-refractivity contribution in [2.75, 3.05) is 7.05 Å². The van der Waals surface area contributed by atoms with Crippen LogP contribution in [0, 0.1) is 0 Å². The fraction of sp³-hybridized carbons (Fsp3) is 0.222. The van der Waals surface area contributed by atoms with Crippen molar-refractivity contribution in [2.24, 2.45) is 0 Å². The van der Waals surface area contributed by atoms with E-state index in [4.69, 9.17) is 0 Å². The van der Waals surface area contributed by atoms with Gasteiger partial charge in [-0.1, -0.05) is 6.58 Å². The van der Waals surface area contributed by atoms with Crippen molar-refractivity contribution < 1.29 is 4.58 Å². The molecule has 0 fully saturated rings. The van der Waals surface area contributed by atoms with Gasteiger partial charge in [0.15, 0.2) is 12.4 Å². The van der Waals surface area contributed by atoms with Crippen LogP contribution in [0.2, 0.25) is 0 Å². The second-order valence-corrected chi connectivity index (χ2v) is 2.83. The van der Waals surface area contributed by atoms with Gasteiger partial charge in [-0.3, -0.25) is 0 Å². The smallest absolute Gasteiger partial charge is 0.216 e. The molecule has 0 N–H and O–H groups in total. The summed E-state index contributed by atoms with van der Waals surface area (Å²) in [6.45, 7) is 4.00. The van der Waals surface area contributed by atoms with Crippen molar-refractivity contribution in [1.29, 1.82) is 0 Å². The third-order valence-electron chi connectivity index (χ3n) is 2.13. The van der Waals surface area contributed by atoms with Crippen LogP contribution in [0.1, 0.15) is 0 Å². The van der Waals surface area contributed by atoms with Crippen molar-refractivity contribution >= 4 is 6.21 Å². The molecule has 0 amide bonds. The first-order valence-corrected chi connectivity index (χ1v) is 3.68. The summed E-state index contributed by atoms with van der Waals surface area (Å²) < 4.78 is 2.14. The third-order valence-corrected chi connectivity index (χ3v) is 2.13. The van der Waals surface area contributed by atoms with Gasteiger partial charge in [0, 0.05) is 13.1 Å². The van der Waals surface area contributed by atoms with Crippen LogP contribution >= 0.6 is 0 Å². The Kier molecular flexibility index (Phi) is 1.22. The van der Waals surface area contributed by atoms with Gasteiger partial charge in [0.2, 0.25) is 6.04 Å². The topological polar surface area (TPSA) is 6.25 Å². The predicted molar refractivity (Wildman–Crippen MR) is 45.3 cm³/mol. The lowest BCUT2D eigenvalue weighted by Crippen LogP contribution is -2.31. The van der Waals surface area contributed by atoms with E-state index >= 15 is 0 Å². The van der Waals surface area contributed by atoms with Crippen molar-refractivity contribution in [2.45, 2.75) is 6.04 Å². The summed E-state index contributed by atoms with van der Waals surface area (Å²) in [7, 11) is 2.02. The maximum atomic E-state index is 4.00. The zero-order valence-electron chi connectivity index (χ0n) is 6.57. The van der Waals surface area contributed by atoms with Crippen LogP contribution in [-0.4, -0.2) is 28.8 Å². The summed E-state index contributed by atoms with van der Waals surface area (Å²) >= 11 is 0. The molecule has 0 aromatic rings. The lowest BCUT2D eigenvalue weighted by molar-refractivity contribution is -0.475. The van der Waals surface area contributed by atoms with E-state index in [2.05, 4.69) is 35.7 Å². The largest absolute Gasteiger partial charge is 0.344 e. The first kappa shape index (κ1) is 6.40. The summed E-state index contributed by atoms with van der Waals surface area (Å²) in [5, 5.41) is 0. The Balaban J connectivity index is 2.40. The van der Waals surface area contributed by atoms with Crippen LogP contribution in [0.25, 0.3) is 0 Å². The first-order chi connectivity index (χ1) is 5.29. The minimum Gasteiger partial charge on any atom is -0.344 e. The Hall–Kier alpha value is -1.31. The van der Waals surface area contributed by atoms with E-state index in [1.807, 2.05) is 18.1 Å². The minimum atomic E-state index is 0.352. The zero-order valence-corrected chi connectivity index (χ0v) is 6.57. The molecule has 0 saturated carbocycles. The van der Waals surface area contributed by atoms with Crippen LogP contribution in [0.15, 0.2) is 36.8 Å². The number of hydrogen-bond donors (Lipinski definition) is 0. The lowest BCUT2D eigenvalue weighted by atomic mass is 10.2. The molecule has 0 saturated heterocycles. The molecule has 2 rings (SSSR count). The molecule has 2 heteroatoms. The Bertz CT molecular complexity index is 284. The molecular weight excluding hydrogens is 136 g/mol. The van der Waals surface area contributed by atoms with Gasteiger partial charge in [-0.05, 0) is 6.08 Å². The minimum absolute atomic E-state index is 0.352. The number of allylic oxidation sites excluding steroid dienone is 1. The normalized spacial score (nSPS) is 27.4. The van der Waals surface area contributed by atoms with E-state index in [1.54, 1.807) is 0 Å². The van der Waals surface area contributed by atoms with E-state index in [9.17, 15) is 0 Å². The maximum absolute atomic E-state index is 4.00. The van der Waals surface area contributed by atoms with Crippen molar-refractivity contribution in [3.63, 3.8) is 0 Å². The predicted octanol–water partition coefficient (Wildman–Crippen LogP) is 0.938. The molecule has 1 unspecified atom stereocenters. The molecule has 11 heavy (non-hydrogen) atoms. The highest BCUT2D eigenvalue weighted by atomic mass is 15.2. The first-order valence-electron chi connectivity index (χ1n) is 3.68. The van der Waals surface area contributed by atoms with Crippen molar-refractivity contribution in [1.82, 2.24) is 4.90 Å². The van der Waals surface area contributed by atoms with E-state index in [1.165, 1.54) is 0 Å². The third kappa shape index (κ3) is 0.827. The van der Waals surface area contributed by atoms with Gasteiger partial charge in [0.05, 0.1) is 11.9 Å². The summed E-state index contributed by atoms with van der Waals surface area (Å²) in [5.41, 5.74) is 1.12. The molecule has 0 aromatic carbocycles. The standard InChI is InChI=1S/C9H11N2/c1-8-9-4-3-5-11(9)7-6-10(8)2/h3-7,9H,1H2,2H3/q+1.